The summed E-state index contributed by atoms with van der Waals surface area (Å²) in [7, 11) is 0. The fraction of sp³-hybridized carbons (Fsp3) is 0.150. The highest BCUT2D eigenvalue weighted by Gasteiger charge is 2.55. The predicted molar refractivity (Wildman–Crippen MR) is 123 cm³/mol. The topological polar surface area (TPSA) is 99.6 Å². The third-order valence-electron chi connectivity index (χ3n) is 4.71. The minimum Gasteiger partial charge on any atom is -0.393 e. The summed E-state index contributed by atoms with van der Waals surface area (Å²) in [6.07, 6.45) is 0. The molecule has 1 aliphatic heterocycles. The number of rotatable bonds is 3. The second-order valence-corrected chi connectivity index (χ2v) is 9.69. The highest BCUT2D eigenvalue weighted by atomic mass is 79.9. The Kier molecular flexibility index (Phi) is 6.16. The lowest BCUT2D eigenvalue weighted by Crippen LogP contribution is -2.47. The van der Waals surface area contributed by atoms with E-state index in [0.717, 1.165) is 20.1 Å². The van der Waals surface area contributed by atoms with Crippen LogP contribution in [0.1, 0.15) is 22.3 Å². The number of allylic oxidation sites excluding steroid dienone is 1. The van der Waals surface area contributed by atoms with Crippen molar-refractivity contribution in [3.05, 3.63) is 79.2 Å². The van der Waals surface area contributed by atoms with E-state index in [4.69, 9.17) is 23.7 Å². The average Bonchev–Trinajstić information content (AvgIpc) is 2.67. The molecule has 0 amide bonds. The fourth-order valence-corrected chi connectivity index (χ4v) is 6.01. The maximum Gasteiger partial charge on any atom is 0.135 e. The lowest BCUT2D eigenvalue weighted by Gasteiger charge is -2.44. The molecule has 0 unspecified atom stereocenters. The van der Waals surface area contributed by atoms with Gasteiger partial charge in [0, 0.05) is 14.9 Å². The van der Waals surface area contributed by atoms with Crippen molar-refractivity contribution < 1.29 is 0 Å². The number of nitrogens with two attached hydrogens (primary N) is 2. The number of hydrogen-bond donors (Lipinski definition) is 2. The first-order valence-electron chi connectivity index (χ1n) is 8.13. The quantitative estimate of drug-likeness (QED) is 0.521. The van der Waals surface area contributed by atoms with E-state index in [0.29, 0.717) is 10.6 Å². The molecule has 28 heavy (non-hydrogen) atoms. The minimum absolute atomic E-state index is 0.0395. The maximum atomic E-state index is 10.4. The predicted octanol–water partition coefficient (Wildman–Crippen LogP) is 5.27. The van der Waals surface area contributed by atoms with E-state index in [1.165, 1.54) is 11.8 Å². The van der Waals surface area contributed by atoms with Gasteiger partial charge in [-0.3, -0.25) is 0 Å². The van der Waals surface area contributed by atoms with Gasteiger partial charge in [-0.1, -0.05) is 80.1 Å². The van der Waals surface area contributed by atoms with Gasteiger partial charge < -0.3 is 11.5 Å². The Morgan fingerprint density at radius 1 is 1.07 bits per heavy atom. The summed E-state index contributed by atoms with van der Waals surface area (Å²) in [5.74, 6) is -0.678. The standard InChI is InChI=1S/C20H14Br2N4S2/c21-13-5-1-3-11(7-13)16-15(9-23)18(25)28-17(20(16,10-24)19(26)27)12-4-2-6-14(22)8-12/h1-8,16-17H,25H2,(H2,26,27)/t16-,17-,20+/m1/s1. The Hall–Kier alpha value is -1.84. The summed E-state index contributed by atoms with van der Waals surface area (Å²) in [6.45, 7) is 0. The van der Waals surface area contributed by atoms with Crippen molar-refractivity contribution in [1.29, 1.82) is 10.5 Å². The van der Waals surface area contributed by atoms with E-state index in [-0.39, 0.29) is 4.99 Å². The molecule has 0 saturated carbocycles. The number of hydrogen-bond acceptors (Lipinski definition) is 5. The molecule has 2 aromatic carbocycles. The molecular formula is C20H14Br2N4S2. The second kappa shape index (κ2) is 8.26. The molecule has 0 bridgehead atoms. The van der Waals surface area contributed by atoms with Crippen molar-refractivity contribution in [1.82, 2.24) is 0 Å². The van der Waals surface area contributed by atoms with Crippen LogP contribution in [0, 0.1) is 28.1 Å². The zero-order valence-electron chi connectivity index (χ0n) is 14.4. The summed E-state index contributed by atoms with van der Waals surface area (Å²) in [5, 5.41) is 20.2. The van der Waals surface area contributed by atoms with Crippen LogP contribution in [0.2, 0.25) is 0 Å². The molecule has 0 saturated heterocycles. The number of thiocarbonyl (C=S) groups is 1. The van der Waals surface area contributed by atoms with Crippen LogP contribution in [-0.2, 0) is 0 Å². The number of nitrogens with zero attached hydrogens (tertiary/aromatic N) is 2. The zero-order chi connectivity index (χ0) is 20.5. The largest absolute Gasteiger partial charge is 0.393 e. The molecule has 0 aliphatic carbocycles. The van der Waals surface area contributed by atoms with Gasteiger partial charge in [0.1, 0.15) is 5.41 Å². The third kappa shape index (κ3) is 3.46. The molecule has 0 fully saturated rings. The average molecular weight is 534 g/mol. The smallest absolute Gasteiger partial charge is 0.135 e. The van der Waals surface area contributed by atoms with Crippen molar-refractivity contribution in [2.75, 3.05) is 0 Å². The van der Waals surface area contributed by atoms with E-state index in [9.17, 15) is 10.5 Å². The van der Waals surface area contributed by atoms with Crippen LogP contribution in [0.3, 0.4) is 0 Å². The van der Waals surface area contributed by atoms with E-state index in [1.807, 2.05) is 48.5 Å². The summed E-state index contributed by atoms with van der Waals surface area (Å²) in [6, 6.07) is 19.6. The van der Waals surface area contributed by atoms with Gasteiger partial charge in [-0.15, -0.1) is 0 Å². The van der Waals surface area contributed by atoms with Gasteiger partial charge in [0.2, 0.25) is 0 Å². The third-order valence-corrected chi connectivity index (χ3v) is 7.39. The SMILES string of the molecule is N#CC1=C(N)S[C@H](c2cccc(Br)c2)[C@@](C#N)(C(N)=S)[C@@H]1c1cccc(Br)c1. The fourth-order valence-electron chi connectivity index (χ4n) is 3.49. The Labute approximate surface area is 189 Å². The zero-order valence-corrected chi connectivity index (χ0v) is 19.2. The Morgan fingerprint density at radius 2 is 1.64 bits per heavy atom. The number of halogens is 2. The van der Waals surface area contributed by atoms with E-state index in [2.05, 4.69) is 44.0 Å². The van der Waals surface area contributed by atoms with Crippen molar-refractivity contribution in [2.24, 2.45) is 16.9 Å². The van der Waals surface area contributed by atoms with Gasteiger partial charge in [0.05, 0.1) is 33.0 Å². The van der Waals surface area contributed by atoms with E-state index < -0.39 is 16.6 Å². The van der Waals surface area contributed by atoms with Crippen molar-refractivity contribution in [3.8, 4) is 12.1 Å². The first-order valence-corrected chi connectivity index (χ1v) is 11.0. The van der Waals surface area contributed by atoms with Crippen LogP contribution in [0.25, 0.3) is 0 Å². The van der Waals surface area contributed by atoms with E-state index >= 15 is 0 Å². The van der Waals surface area contributed by atoms with Gasteiger partial charge in [-0.2, -0.15) is 10.5 Å². The number of nitriles is 2. The van der Waals surface area contributed by atoms with Gasteiger partial charge in [-0.05, 0) is 35.4 Å². The van der Waals surface area contributed by atoms with Gasteiger partial charge >= 0.3 is 0 Å². The van der Waals surface area contributed by atoms with Crippen LogP contribution < -0.4 is 11.5 Å². The molecule has 4 nitrogen and oxygen atoms in total. The summed E-state index contributed by atoms with van der Waals surface area (Å²) >= 11 is 13.6. The minimum atomic E-state index is -1.32. The first kappa shape index (κ1) is 20.9. The van der Waals surface area contributed by atoms with Gasteiger partial charge in [-0.25, -0.2) is 0 Å². The molecular weight excluding hydrogens is 520 g/mol. The van der Waals surface area contributed by atoms with E-state index in [1.54, 1.807) is 0 Å². The van der Waals surface area contributed by atoms with Crippen LogP contribution >= 0.6 is 55.8 Å². The molecule has 2 aromatic rings. The second-order valence-electron chi connectivity index (χ2n) is 6.28. The highest BCUT2D eigenvalue weighted by Crippen LogP contribution is 2.60. The van der Waals surface area contributed by atoms with Crippen molar-refractivity contribution >= 4 is 60.8 Å². The molecule has 140 valence electrons. The number of benzene rings is 2. The van der Waals surface area contributed by atoms with Crippen LogP contribution in [0.5, 0.6) is 0 Å². The monoisotopic (exact) mass is 532 g/mol. The molecule has 3 rings (SSSR count). The molecule has 1 heterocycles. The lowest BCUT2D eigenvalue weighted by molar-refractivity contribution is 0.462. The van der Waals surface area contributed by atoms with Crippen molar-refractivity contribution in [3.63, 3.8) is 0 Å². The molecule has 0 aromatic heterocycles. The Balaban J connectivity index is 2.36. The molecule has 8 heteroatoms. The molecule has 0 spiro atoms. The Morgan fingerprint density at radius 3 is 2.14 bits per heavy atom. The summed E-state index contributed by atoms with van der Waals surface area (Å²) in [4.78, 5) is 0.0395. The number of thioether (sulfide) groups is 1. The summed E-state index contributed by atoms with van der Waals surface area (Å²) < 4.78 is 1.70. The molecule has 1 aliphatic rings. The Bertz CT molecular complexity index is 1070. The highest BCUT2D eigenvalue weighted by molar-refractivity contribution is 9.10. The van der Waals surface area contributed by atoms with Crippen molar-refractivity contribution in [2.45, 2.75) is 11.2 Å². The molecule has 3 atom stereocenters. The summed E-state index contributed by atoms with van der Waals surface area (Å²) in [5.41, 5.74) is 13.1. The lowest BCUT2D eigenvalue weighted by atomic mass is 9.65. The molecule has 4 N–H and O–H groups in total. The van der Waals surface area contributed by atoms with Gasteiger partial charge in [0.15, 0.2) is 0 Å². The van der Waals surface area contributed by atoms with Gasteiger partial charge in [0.25, 0.3) is 0 Å². The van der Waals surface area contributed by atoms with Crippen LogP contribution in [-0.4, -0.2) is 4.99 Å². The first-order chi connectivity index (χ1) is 13.3. The maximum absolute atomic E-state index is 10.4. The normalized spacial score (nSPS) is 24.3. The van der Waals surface area contributed by atoms with Crippen LogP contribution in [0.4, 0.5) is 0 Å². The van der Waals surface area contributed by atoms with Crippen LogP contribution in [0.15, 0.2) is 68.1 Å². The molecule has 0 radical (unpaired) electrons.